The first-order chi connectivity index (χ1) is 10.6. The molecule has 22 heavy (non-hydrogen) atoms. The Morgan fingerprint density at radius 3 is 2.77 bits per heavy atom. The first kappa shape index (κ1) is 16.7. The highest BCUT2D eigenvalue weighted by atomic mass is 32.1. The van der Waals surface area contributed by atoms with Crippen molar-refractivity contribution >= 4 is 35.4 Å². The lowest BCUT2D eigenvalue weighted by molar-refractivity contribution is -0.137. The minimum atomic E-state index is -0.908. The Hall–Kier alpha value is -1.64. The molecule has 7 nitrogen and oxygen atoms in total. The van der Waals surface area contributed by atoms with Gasteiger partial charge in [-0.15, -0.1) is 6.58 Å². The van der Waals surface area contributed by atoms with Crippen molar-refractivity contribution in [2.75, 3.05) is 45.8 Å². The number of aliphatic imine (C=N–C) groups is 1. The molecule has 0 bridgehead atoms. The van der Waals surface area contributed by atoms with Crippen molar-refractivity contribution in [2.24, 2.45) is 10.9 Å². The molecule has 2 amide bonds. The molecule has 0 spiro atoms. The minimum absolute atomic E-state index is 0.125. The van der Waals surface area contributed by atoms with Crippen LogP contribution >= 0.6 is 12.2 Å². The van der Waals surface area contributed by atoms with E-state index >= 15 is 0 Å². The number of piperazine rings is 1. The molecule has 2 fully saturated rings. The zero-order valence-corrected chi connectivity index (χ0v) is 13.3. The Morgan fingerprint density at radius 1 is 1.36 bits per heavy atom. The van der Waals surface area contributed by atoms with Crippen molar-refractivity contribution in [1.82, 2.24) is 20.4 Å². The lowest BCUT2D eigenvalue weighted by Gasteiger charge is -2.30. The summed E-state index contributed by atoms with van der Waals surface area (Å²) in [5.41, 5.74) is 0. The maximum Gasteiger partial charge on any atom is 0.247 e. The number of nitrogens with one attached hydrogen (secondary N) is 2. The van der Waals surface area contributed by atoms with Crippen LogP contribution in [0, 0.1) is 5.92 Å². The molecule has 0 radical (unpaired) electrons. The molecule has 0 unspecified atom stereocenters. The molecule has 0 aromatic rings. The molecule has 120 valence electrons. The van der Waals surface area contributed by atoms with E-state index in [9.17, 15) is 9.59 Å². The minimum Gasteiger partial charge on any atom is -0.314 e. The summed E-state index contributed by atoms with van der Waals surface area (Å²) in [5, 5.41) is 5.94. The highest BCUT2D eigenvalue weighted by Crippen LogP contribution is 2.09. The summed E-state index contributed by atoms with van der Waals surface area (Å²) in [6.07, 6.45) is 3.00. The van der Waals surface area contributed by atoms with E-state index in [4.69, 9.17) is 12.2 Å². The number of hydrogen-bond acceptors (Lipinski definition) is 6. The second-order valence-corrected chi connectivity index (χ2v) is 5.54. The van der Waals surface area contributed by atoms with Crippen LogP contribution in [0.15, 0.2) is 17.6 Å². The average molecular weight is 323 g/mol. The fourth-order valence-corrected chi connectivity index (χ4v) is 2.64. The third-order valence-corrected chi connectivity index (χ3v) is 3.93. The number of thiocarbonyl (C=S) groups is 1. The number of rotatable bonds is 6. The quantitative estimate of drug-likeness (QED) is 0.284. The number of carbonyl (C=O) groups is 2. The van der Waals surface area contributed by atoms with Crippen molar-refractivity contribution in [1.29, 1.82) is 0 Å². The van der Waals surface area contributed by atoms with Gasteiger partial charge in [-0.05, 0) is 12.2 Å². The summed E-state index contributed by atoms with van der Waals surface area (Å²) in [4.78, 5) is 32.0. The van der Waals surface area contributed by atoms with E-state index in [-0.39, 0.29) is 17.6 Å². The number of hydrogen-bond donors (Lipinski definition) is 2. The van der Waals surface area contributed by atoms with Gasteiger partial charge in [0, 0.05) is 45.5 Å². The van der Waals surface area contributed by atoms with Gasteiger partial charge in [-0.3, -0.25) is 24.4 Å². The standard InChI is InChI=1S/C14H21N5O2S/c1-2-6-19-13(21)11(12(20)17-14(19)22)10-16-5-9-18-7-3-15-4-8-18/h2,10-11,15H,1,3-9H2,(H,17,20,22)/t11-/m0/s1. The molecular weight excluding hydrogens is 302 g/mol. The monoisotopic (exact) mass is 323 g/mol. The average Bonchev–Trinajstić information content (AvgIpc) is 2.51. The van der Waals surface area contributed by atoms with Gasteiger partial charge in [-0.1, -0.05) is 6.08 Å². The summed E-state index contributed by atoms with van der Waals surface area (Å²) in [6.45, 7) is 9.24. The van der Waals surface area contributed by atoms with Crippen LogP contribution in [-0.4, -0.2) is 78.8 Å². The zero-order valence-electron chi connectivity index (χ0n) is 12.5. The van der Waals surface area contributed by atoms with Gasteiger partial charge in [0.2, 0.25) is 11.8 Å². The Labute approximate surface area is 135 Å². The Kier molecular flexibility index (Phi) is 6.17. The van der Waals surface area contributed by atoms with E-state index in [2.05, 4.69) is 27.1 Å². The molecule has 0 aromatic heterocycles. The van der Waals surface area contributed by atoms with Gasteiger partial charge in [-0.25, -0.2) is 0 Å². The van der Waals surface area contributed by atoms with Gasteiger partial charge in [0.1, 0.15) is 0 Å². The third-order valence-electron chi connectivity index (χ3n) is 3.61. The predicted octanol–water partition coefficient (Wildman–Crippen LogP) is -0.992. The van der Waals surface area contributed by atoms with Crippen LogP contribution in [0.2, 0.25) is 0 Å². The van der Waals surface area contributed by atoms with Crippen molar-refractivity contribution in [3.63, 3.8) is 0 Å². The lowest BCUT2D eigenvalue weighted by atomic mass is 10.1. The first-order valence-electron chi connectivity index (χ1n) is 7.33. The van der Waals surface area contributed by atoms with E-state index in [1.807, 2.05) is 0 Å². The molecule has 0 aromatic carbocycles. The topological polar surface area (TPSA) is 77.0 Å². The lowest BCUT2D eigenvalue weighted by Crippen LogP contribution is -2.58. The molecule has 0 saturated carbocycles. The van der Waals surface area contributed by atoms with Crippen LogP contribution in [0.25, 0.3) is 0 Å². The Bertz CT molecular complexity index is 488. The zero-order chi connectivity index (χ0) is 15.9. The smallest absolute Gasteiger partial charge is 0.247 e. The van der Waals surface area contributed by atoms with Gasteiger partial charge in [0.25, 0.3) is 0 Å². The van der Waals surface area contributed by atoms with Crippen molar-refractivity contribution < 1.29 is 9.59 Å². The second-order valence-electron chi connectivity index (χ2n) is 5.16. The first-order valence-corrected chi connectivity index (χ1v) is 7.74. The number of amides is 2. The van der Waals surface area contributed by atoms with Crippen LogP contribution < -0.4 is 10.6 Å². The molecule has 2 saturated heterocycles. The van der Waals surface area contributed by atoms with Crippen LogP contribution in [0.3, 0.4) is 0 Å². The molecule has 2 aliphatic rings. The van der Waals surface area contributed by atoms with Crippen LogP contribution in [-0.2, 0) is 9.59 Å². The van der Waals surface area contributed by atoms with E-state index in [0.29, 0.717) is 6.54 Å². The second kappa shape index (κ2) is 8.11. The van der Waals surface area contributed by atoms with Gasteiger partial charge < -0.3 is 10.6 Å². The van der Waals surface area contributed by atoms with Crippen molar-refractivity contribution in [3.8, 4) is 0 Å². The fraction of sp³-hybridized carbons (Fsp3) is 0.571. The van der Waals surface area contributed by atoms with E-state index in [1.165, 1.54) is 11.1 Å². The maximum atomic E-state index is 12.3. The summed E-state index contributed by atoms with van der Waals surface area (Å²) in [7, 11) is 0. The predicted molar refractivity (Wildman–Crippen MR) is 88.8 cm³/mol. The summed E-state index contributed by atoms with van der Waals surface area (Å²) in [6, 6.07) is 0. The third kappa shape index (κ3) is 4.19. The molecule has 2 heterocycles. The van der Waals surface area contributed by atoms with Gasteiger partial charge in [-0.2, -0.15) is 0 Å². The van der Waals surface area contributed by atoms with Crippen LogP contribution in [0.1, 0.15) is 0 Å². The highest BCUT2D eigenvalue weighted by Gasteiger charge is 2.36. The van der Waals surface area contributed by atoms with Gasteiger partial charge >= 0.3 is 0 Å². The van der Waals surface area contributed by atoms with Crippen LogP contribution in [0.4, 0.5) is 0 Å². The molecule has 2 rings (SSSR count). The fourth-order valence-electron chi connectivity index (χ4n) is 2.38. The molecule has 8 heteroatoms. The Morgan fingerprint density at radius 2 is 2.09 bits per heavy atom. The van der Waals surface area contributed by atoms with Crippen molar-refractivity contribution in [3.05, 3.63) is 12.7 Å². The molecular formula is C14H21N5O2S. The number of nitrogens with zero attached hydrogens (tertiary/aromatic N) is 3. The SMILES string of the molecule is C=CCN1C(=O)[C@@H](C=NCCN2CCNCC2)C(=O)NC1=S. The summed E-state index contributed by atoms with van der Waals surface area (Å²) < 4.78 is 0. The van der Waals surface area contributed by atoms with Gasteiger partial charge in [0.15, 0.2) is 11.0 Å². The van der Waals surface area contributed by atoms with Crippen molar-refractivity contribution in [2.45, 2.75) is 0 Å². The van der Waals surface area contributed by atoms with E-state index in [0.717, 1.165) is 32.7 Å². The molecule has 2 N–H and O–H groups in total. The molecule has 2 aliphatic heterocycles. The summed E-state index contributed by atoms with van der Waals surface area (Å²) in [5.74, 6) is -1.67. The summed E-state index contributed by atoms with van der Waals surface area (Å²) >= 11 is 4.99. The largest absolute Gasteiger partial charge is 0.314 e. The van der Waals surface area contributed by atoms with E-state index < -0.39 is 11.8 Å². The van der Waals surface area contributed by atoms with Crippen LogP contribution in [0.5, 0.6) is 0 Å². The molecule has 1 atom stereocenters. The molecule has 0 aliphatic carbocycles. The Balaban J connectivity index is 1.87. The highest BCUT2D eigenvalue weighted by molar-refractivity contribution is 7.80. The normalized spacial score (nSPS) is 23.9. The van der Waals surface area contributed by atoms with E-state index in [1.54, 1.807) is 6.08 Å². The van der Waals surface area contributed by atoms with Gasteiger partial charge in [0.05, 0.1) is 6.54 Å². The maximum absolute atomic E-state index is 12.3. The number of carbonyl (C=O) groups excluding carboxylic acids is 2.